The molecule has 0 radical (unpaired) electrons. The van der Waals surface area contributed by atoms with Crippen LogP contribution in [0.1, 0.15) is 50.5 Å². The average molecular weight is 356 g/mol. The van der Waals surface area contributed by atoms with Gasteiger partial charge in [0.25, 0.3) is 0 Å². The third-order valence-corrected chi connectivity index (χ3v) is 4.76. The molecule has 5 heteroatoms. The standard InChI is InChI=1S/C15H22BrN3S/c1-4-6-17-14(12-8-15(16)20-10-12)9-13-5-7-19(18-13)11(2)3/h5,7-8,10-11,14,17H,4,6,9H2,1-3H3. The number of aromatic nitrogens is 2. The van der Waals surface area contributed by atoms with Crippen LogP contribution in [-0.4, -0.2) is 16.3 Å². The Kier molecular flexibility index (Phi) is 5.81. The maximum atomic E-state index is 4.66. The van der Waals surface area contributed by atoms with Gasteiger partial charge in [0.05, 0.1) is 9.48 Å². The maximum Gasteiger partial charge on any atom is 0.0701 e. The van der Waals surface area contributed by atoms with Crippen molar-refractivity contribution < 1.29 is 0 Å². The van der Waals surface area contributed by atoms with Crippen molar-refractivity contribution in [2.45, 2.75) is 45.7 Å². The molecular formula is C15H22BrN3S. The first-order valence-electron chi connectivity index (χ1n) is 7.11. The van der Waals surface area contributed by atoms with E-state index in [-0.39, 0.29) is 0 Å². The van der Waals surface area contributed by atoms with Crippen LogP contribution in [0.4, 0.5) is 0 Å². The largest absolute Gasteiger partial charge is 0.310 e. The van der Waals surface area contributed by atoms with Gasteiger partial charge in [0.2, 0.25) is 0 Å². The second-order valence-electron chi connectivity index (χ2n) is 5.28. The van der Waals surface area contributed by atoms with Gasteiger partial charge >= 0.3 is 0 Å². The number of hydrogen-bond acceptors (Lipinski definition) is 3. The lowest BCUT2D eigenvalue weighted by Crippen LogP contribution is -2.24. The molecule has 1 unspecified atom stereocenters. The Morgan fingerprint density at radius 3 is 2.80 bits per heavy atom. The van der Waals surface area contributed by atoms with E-state index in [2.05, 4.69) is 70.8 Å². The molecule has 1 N–H and O–H groups in total. The van der Waals surface area contributed by atoms with Crippen LogP contribution >= 0.6 is 27.3 Å². The normalized spacial score (nSPS) is 13.1. The van der Waals surface area contributed by atoms with Gasteiger partial charge in [0.15, 0.2) is 0 Å². The highest BCUT2D eigenvalue weighted by Crippen LogP contribution is 2.27. The summed E-state index contributed by atoms with van der Waals surface area (Å²) in [5, 5.41) is 10.5. The molecule has 2 aromatic heterocycles. The van der Waals surface area contributed by atoms with Crippen molar-refractivity contribution in [3.05, 3.63) is 38.8 Å². The maximum absolute atomic E-state index is 4.66. The first-order valence-corrected chi connectivity index (χ1v) is 8.78. The summed E-state index contributed by atoms with van der Waals surface area (Å²) in [6.07, 6.45) is 4.14. The van der Waals surface area contributed by atoms with Crippen molar-refractivity contribution in [2.75, 3.05) is 6.54 Å². The van der Waals surface area contributed by atoms with Crippen molar-refractivity contribution >= 4 is 27.3 Å². The summed E-state index contributed by atoms with van der Waals surface area (Å²) < 4.78 is 3.21. The fourth-order valence-electron chi connectivity index (χ4n) is 2.12. The van der Waals surface area contributed by atoms with Gasteiger partial charge < -0.3 is 5.32 Å². The SMILES string of the molecule is CCCNC(Cc1ccn(C(C)C)n1)c1csc(Br)c1. The molecule has 0 aliphatic carbocycles. The minimum atomic E-state index is 0.341. The molecule has 20 heavy (non-hydrogen) atoms. The van der Waals surface area contributed by atoms with Crippen LogP contribution < -0.4 is 5.32 Å². The van der Waals surface area contributed by atoms with Crippen LogP contribution in [-0.2, 0) is 6.42 Å². The van der Waals surface area contributed by atoms with Crippen LogP contribution in [0.25, 0.3) is 0 Å². The molecule has 0 saturated carbocycles. The molecule has 2 heterocycles. The molecule has 0 aromatic carbocycles. The Labute approximate surface area is 133 Å². The molecule has 0 aliphatic heterocycles. The van der Waals surface area contributed by atoms with Crippen molar-refractivity contribution in [3.8, 4) is 0 Å². The van der Waals surface area contributed by atoms with Crippen LogP contribution in [0.2, 0.25) is 0 Å². The quantitative estimate of drug-likeness (QED) is 0.788. The van der Waals surface area contributed by atoms with Gasteiger partial charge in [-0.3, -0.25) is 4.68 Å². The lowest BCUT2D eigenvalue weighted by molar-refractivity contribution is 0.500. The second kappa shape index (κ2) is 7.38. The zero-order valence-electron chi connectivity index (χ0n) is 12.3. The van der Waals surface area contributed by atoms with Crippen molar-refractivity contribution in [1.29, 1.82) is 0 Å². The molecular weight excluding hydrogens is 334 g/mol. The van der Waals surface area contributed by atoms with Crippen LogP contribution in [0.15, 0.2) is 27.5 Å². The predicted molar refractivity (Wildman–Crippen MR) is 89.4 cm³/mol. The Hall–Kier alpha value is -0.650. The van der Waals surface area contributed by atoms with Crippen molar-refractivity contribution in [2.24, 2.45) is 0 Å². The minimum absolute atomic E-state index is 0.341. The average Bonchev–Trinajstić information content (AvgIpc) is 3.03. The molecule has 0 bridgehead atoms. The van der Waals surface area contributed by atoms with Crippen molar-refractivity contribution in [1.82, 2.24) is 15.1 Å². The van der Waals surface area contributed by atoms with E-state index in [1.165, 1.54) is 9.35 Å². The van der Waals surface area contributed by atoms with E-state index in [1.807, 2.05) is 4.68 Å². The predicted octanol–water partition coefficient (Wildman–Crippen LogP) is 4.57. The topological polar surface area (TPSA) is 29.9 Å². The number of thiophene rings is 1. The number of hydrogen-bond donors (Lipinski definition) is 1. The van der Waals surface area contributed by atoms with Crippen LogP contribution in [0.5, 0.6) is 0 Å². The highest BCUT2D eigenvalue weighted by atomic mass is 79.9. The monoisotopic (exact) mass is 355 g/mol. The van der Waals surface area contributed by atoms with E-state index in [0.29, 0.717) is 12.1 Å². The molecule has 0 spiro atoms. The summed E-state index contributed by atoms with van der Waals surface area (Å²) in [7, 11) is 0. The number of halogens is 1. The Morgan fingerprint density at radius 1 is 1.45 bits per heavy atom. The van der Waals surface area contributed by atoms with E-state index < -0.39 is 0 Å². The molecule has 2 rings (SSSR count). The fraction of sp³-hybridized carbons (Fsp3) is 0.533. The molecule has 1 atom stereocenters. The Bertz CT molecular complexity index is 533. The Balaban J connectivity index is 2.10. The molecule has 2 aromatic rings. The van der Waals surface area contributed by atoms with Gasteiger partial charge in [-0.05, 0) is 65.8 Å². The highest BCUT2D eigenvalue weighted by Gasteiger charge is 2.15. The third kappa shape index (κ3) is 4.17. The smallest absolute Gasteiger partial charge is 0.0701 e. The van der Waals surface area contributed by atoms with Crippen LogP contribution in [0.3, 0.4) is 0 Å². The van der Waals surface area contributed by atoms with Gasteiger partial charge in [-0.2, -0.15) is 5.10 Å². The van der Waals surface area contributed by atoms with E-state index in [1.54, 1.807) is 11.3 Å². The molecule has 0 amide bonds. The fourth-order valence-corrected chi connectivity index (χ4v) is 3.35. The molecule has 0 aliphatic rings. The van der Waals surface area contributed by atoms with Gasteiger partial charge in [-0.25, -0.2) is 0 Å². The zero-order chi connectivity index (χ0) is 14.5. The summed E-state index contributed by atoms with van der Waals surface area (Å²) in [6, 6.07) is 5.09. The summed E-state index contributed by atoms with van der Waals surface area (Å²) in [5.74, 6) is 0. The number of rotatable bonds is 7. The first-order chi connectivity index (χ1) is 9.60. The van der Waals surface area contributed by atoms with E-state index >= 15 is 0 Å². The van der Waals surface area contributed by atoms with Crippen LogP contribution in [0, 0.1) is 0 Å². The Morgan fingerprint density at radius 2 is 2.25 bits per heavy atom. The molecule has 3 nitrogen and oxygen atoms in total. The molecule has 110 valence electrons. The lowest BCUT2D eigenvalue weighted by Gasteiger charge is -2.16. The van der Waals surface area contributed by atoms with Crippen molar-refractivity contribution in [3.63, 3.8) is 0 Å². The summed E-state index contributed by atoms with van der Waals surface area (Å²) in [4.78, 5) is 0. The van der Waals surface area contributed by atoms with E-state index in [4.69, 9.17) is 0 Å². The van der Waals surface area contributed by atoms with E-state index in [9.17, 15) is 0 Å². The highest BCUT2D eigenvalue weighted by molar-refractivity contribution is 9.11. The molecule has 0 saturated heterocycles. The second-order valence-corrected chi connectivity index (χ2v) is 7.57. The van der Waals surface area contributed by atoms with Gasteiger partial charge in [0.1, 0.15) is 0 Å². The first kappa shape index (κ1) is 15.7. The van der Waals surface area contributed by atoms with Gasteiger partial charge in [-0.15, -0.1) is 11.3 Å². The summed E-state index contributed by atoms with van der Waals surface area (Å²) in [6.45, 7) is 7.53. The molecule has 0 fully saturated rings. The lowest BCUT2D eigenvalue weighted by atomic mass is 10.1. The number of nitrogens with one attached hydrogen (secondary N) is 1. The minimum Gasteiger partial charge on any atom is -0.310 e. The summed E-state index contributed by atoms with van der Waals surface area (Å²) >= 11 is 5.29. The van der Waals surface area contributed by atoms with Gasteiger partial charge in [0, 0.05) is 24.7 Å². The third-order valence-electron chi connectivity index (χ3n) is 3.24. The van der Waals surface area contributed by atoms with Gasteiger partial charge in [-0.1, -0.05) is 6.92 Å². The number of nitrogens with zero attached hydrogens (tertiary/aromatic N) is 2. The summed E-state index contributed by atoms with van der Waals surface area (Å²) in [5.41, 5.74) is 2.49. The zero-order valence-corrected chi connectivity index (χ0v) is 14.7. The van der Waals surface area contributed by atoms with E-state index in [0.717, 1.165) is 25.1 Å².